The average Bonchev–Trinajstić information content (AvgIpc) is 3.44. The van der Waals surface area contributed by atoms with Gasteiger partial charge in [-0.15, -0.1) is 0 Å². The molecule has 0 aromatic heterocycles. The molecule has 0 saturated heterocycles. The van der Waals surface area contributed by atoms with Crippen LogP contribution in [0.2, 0.25) is 0 Å². The third-order valence-corrected chi connectivity index (χ3v) is 5.47. The standard InChI is InChI=1S/C28H28N4O8/c1-3-37-21-8-6-20(7-9-21)31-26(33)16-38-22-10-5-19(12-24(22)36-2)15-30-32-28(35)27(34)29-14-18-4-11-23-25(13-18)40-17-39-23/h4-13,15H,3,14,16-17H2,1-2H3,(H,29,34)(H,31,33)(H,32,35)/b30-15-. The third kappa shape index (κ3) is 7.63. The Morgan fingerprint density at radius 1 is 0.925 bits per heavy atom. The Hall–Kier alpha value is -5.26. The number of carbonyl (C=O) groups is 3. The summed E-state index contributed by atoms with van der Waals surface area (Å²) in [6.45, 7) is 2.49. The van der Waals surface area contributed by atoms with Crippen molar-refractivity contribution in [2.24, 2.45) is 5.10 Å². The van der Waals surface area contributed by atoms with Crippen molar-refractivity contribution in [1.82, 2.24) is 10.7 Å². The zero-order chi connectivity index (χ0) is 28.3. The van der Waals surface area contributed by atoms with Crippen LogP contribution >= 0.6 is 0 Å². The largest absolute Gasteiger partial charge is 0.494 e. The molecule has 0 aliphatic carbocycles. The number of nitrogens with one attached hydrogen (secondary N) is 3. The van der Waals surface area contributed by atoms with Crippen LogP contribution in [0, 0.1) is 0 Å². The fourth-order valence-corrected chi connectivity index (χ4v) is 3.55. The number of nitrogens with zero attached hydrogens (tertiary/aromatic N) is 1. The summed E-state index contributed by atoms with van der Waals surface area (Å²) < 4.78 is 26.9. The second kappa shape index (κ2) is 13.5. The predicted octanol–water partition coefficient (Wildman–Crippen LogP) is 2.61. The molecule has 0 spiro atoms. The van der Waals surface area contributed by atoms with Crippen LogP contribution in [-0.4, -0.2) is 51.1 Å². The summed E-state index contributed by atoms with van der Waals surface area (Å²) in [5.74, 6) is 0.492. The van der Waals surface area contributed by atoms with Crippen molar-refractivity contribution in [3.63, 3.8) is 0 Å². The minimum absolute atomic E-state index is 0.128. The molecular weight excluding hydrogens is 520 g/mol. The van der Waals surface area contributed by atoms with E-state index in [4.69, 9.17) is 23.7 Å². The van der Waals surface area contributed by atoms with Crippen molar-refractivity contribution in [2.45, 2.75) is 13.5 Å². The van der Waals surface area contributed by atoms with Crippen LogP contribution < -0.4 is 39.7 Å². The van der Waals surface area contributed by atoms with Gasteiger partial charge in [-0.3, -0.25) is 14.4 Å². The Kier molecular flexibility index (Phi) is 9.38. The lowest BCUT2D eigenvalue weighted by atomic mass is 10.2. The van der Waals surface area contributed by atoms with Gasteiger partial charge in [-0.05, 0) is 72.6 Å². The smallest absolute Gasteiger partial charge is 0.329 e. The van der Waals surface area contributed by atoms with Gasteiger partial charge in [-0.2, -0.15) is 5.10 Å². The highest BCUT2D eigenvalue weighted by Crippen LogP contribution is 2.32. The third-order valence-electron chi connectivity index (χ3n) is 5.47. The highest BCUT2D eigenvalue weighted by Gasteiger charge is 2.16. The van der Waals surface area contributed by atoms with E-state index < -0.39 is 11.8 Å². The predicted molar refractivity (Wildman–Crippen MR) is 145 cm³/mol. The van der Waals surface area contributed by atoms with E-state index in [-0.39, 0.29) is 25.9 Å². The molecule has 0 radical (unpaired) electrons. The van der Waals surface area contributed by atoms with Gasteiger partial charge in [0.2, 0.25) is 6.79 Å². The van der Waals surface area contributed by atoms with E-state index in [1.54, 1.807) is 60.7 Å². The number of amides is 3. The Bertz CT molecular complexity index is 1390. The van der Waals surface area contributed by atoms with E-state index in [1.165, 1.54) is 13.3 Å². The molecule has 1 aliphatic heterocycles. The number of benzene rings is 3. The second-order valence-electron chi connectivity index (χ2n) is 8.27. The van der Waals surface area contributed by atoms with E-state index in [0.717, 1.165) is 5.56 Å². The molecule has 0 atom stereocenters. The zero-order valence-corrected chi connectivity index (χ0v) is 21.9. The summed E-state index contributed by atoms with van der Waals surface area (Å²) in [4.78, 5) is 36.5. The number of hydrogen-bond donors (Lipinski definition) is 3. The molecule has 1 heterocycles. The molecule has 1 aliphatic rings. The Morgan fingerprint density at radius 3 is 2.50 bits per heavy atom. The number of ether oxygens (including phenoxy) is 5. The van der Waals surface area contributed by atoms with E-state index in [0.29, 0.717) is 46.6 Å². The van der Waals surface area contributed by atoms with Gasteiger partial charge in [0.1, 0.15) is 5.75 Å². The molecule has 0 fully saturated rings. The molecule has 3 aromatic carbocycles. The SMILES string of the molecule is CCOc1ccc(NC(=O)COc2ccc(/C=N\NC(=O)C(=O)NCc3ccc4c(c3)OCO4)cc2OC)cc1. The van der Waals surface area contributed by atoms with Crippen LogP contribution in [0.3, 0.4) is 0 Å². The molecule has 3 amide bonds. The van der Waals surface area contributed by atoms with E-state index >= 15 is 0 Å². The molecule has 3 aromatic rings. The summed E-state index contributed by atoms with van der Waals surface area (Å²) in [6, 6.07) is 17.1. The number of hydrazone groups is 1. The maximum Gasteiger partial charge on any atom is 0.329 e. The summed E-state index contributed by atoms with van der Waals surface area (Å²) >= 11 is 0. The van der Waals surface area contributed by atoms with Gasteiger partial charge in [0.25, 0.3) is 5.91 Å². The summed E-state index contributed by atoms with van der Waals surface area (Å²) in [7, 11) is 1.45. The highest BCUT2D eigenvalue weighted by molar-refractivity contribution is 6.35. The first-order valence-electron chi connectivity index (χ1n) is 12.3. The van der Waals surface area contributed by atoms with Gasteiger partial charge in [0, 0.05) is 12.2 Å². The molecule has 4 rings (SSSR count). The summed E-state index contributed by atoms with van der Waals surface area (Å²) in [5.41, 5.74) is 4.09. The zero-order valence-electron chi connectivity index (χ0n) is 21.9. The molecular formula is C28H28N4O8. The number of carbonyl (C=O) groups excluding carboxylic acids is 3. The Labute approximate surface area is 230 Å². The molecule has 0 unspecified atom stereocenters. The summed E-state index contributed by atoms with van der Waals surface area (Å²) in [5, 5.41) is 9.07. The minimum Gasteiger partial charge on any atom is -0.494 e. The van der Waals surface area contributed by atoms with Gasteiger partial charge < -0.3 is 34.3 Å². The highest BCUT2D eigenvalue weighted by atomic mass is 16.7. The first-order valence-corrected chi connectivity index (χ1v) is 12.3. The van der Waals surface area contributed by atoms with Gasteiger partial charge >= 0.3 is 11.8 Å². The number of rotatable bonds is 11. The van der Waals surface area contributed by atoms with Crippen molar-refractivity contribution in [3.05, 3.63) is 71.8 Å². The Balaban J connectivity index is 1.23. The lowest BCUT2D eigenvalue weighted by molar-refractivity contribution is -0.139. The fourth-order valence-electron chi connectivity index (χ4n) is 3.55. The van der Waals surface area contributed by atoms with Crippen LogP contribution in [0.15, 0.2) is 65.8 Å². The Morgan fingerprint density at radius 2 is 1.73 bits per heavy atom. The summed E-state index contributed by atoms with van der Waals surface area (Å²) in [6.07, 6.45) is 1.34. The minimum atomic E-state index is -0.928. The van der Waals surface area contributed by atoms with Gasteiger partial charge in [-0.25, -0.2) is 5.43 Å². The molecule has 208 valence electrons. The van der Waals surface area contributed by atoms with Crippen molar-refractivity contribution in [3.8, 4) is 28.7 Å². The first-order chi connectivity index (χ1) is 19.4. The normalized spacial score (nSPS) is 11.6. The van der Waals surface area contributed by atoms with Crippen molar-refractivity contribution < 1.29 is 38.1 Å². The number of fused-ring (bicyclic) bond motifs is 1. The molecule has 0 saturated carbocycles. The molecule has 40 heavy (non-hydrogen) atoms. The first kappa shape index (κ1) is 27.8. The maximum atomic E-state index is 12.3. The monoisotopic (exact) mass is 548 g/mol. The van der Waals surface area contributed by atoms with Gasteiger partial charge in [0.15, 0.2) is 29.6 Å². The van der Waals surface area contributed by atoms with Crippen molar-refractivity contribution in [2.75, 3.05) is 32.4 Å². The van der Waals surface area contributed by atoms with E-state index in [9.17, 15) is 14.4 Å². The lowest BCUT2D eigenvalue weighted by Crippen LogP contribution is -2.37. The number of anilines is 1. The maximum absolute atomic E-state index is 12.3. The quantitative estimate of drug-likeness (QED) is 0.188. The van der Waals surface area contributed by atoms with Crippen LogP contribution in [0.1, 0.15) is 18.1 Å². The van der Waals surface area contributed by atoms with Gasteiger partial charge in [-0.1, -0.05) is 6.07 Å². The number of hydrogen-bond acceptors (Lipinski definition) is 9. The van der Waals surface area contributed by atoms with E-state index in [1.807, 2.05) is 6.92 Å². The average molecular weight is 549 g/mol. The molecule has 12 heteroatoms. The molecule has 3 N–H and O–H groups in total. The van der Waals surface area contributed by atoms with E-state index in [2.05, 4.69) is 21.2 Å². The topological polar surface area (TPSA) is 146 Å². The van der Waals surface area contributed by atoms with Gasteiger partial charge in [0.05, 0.1) is 19.9 Å². The van der Waals surface area contributed by atoms with Crippen LogP contribution in [-0.2, 0) is 20.9 Å². The number of methoxy groups -OCH3 is 1. The van der Waals surface area contributed by atoms with Crippen molar-refractivity contribution in [1.29, 1.82) is 0 Å². The second-order valence-corrected chi connectivity index (χ2v) is 8.27. The molecule has 0 bridgehead atoms. The fraction of sp³-hybridized carbons (Fsp3) is 0.214. The van der Waals surface area contributed by atoms with Crippen LogP contribution in [0.5, 0.6) is 28.7 Å². The van der Waals surface area contributed by atoms with Crippen LogP contribution in [0.4, 0.5) is 5.69 Å². The molecule has 12 nitrogen and oxygen atoms in total. The van der Waals surface area contributed by atoms with Crippen LogP contribution in [0.25, 0.3) is 0 Å². The lowest BCUT2D eigenvalue weighted by Gasteiger charge is -2.12. The van der Waals surface area contributed by atoms with Crippen molar-refractivity contribution >= 4 is 29.6 Å².